The molecule has 0 unspecified atom stereocenters. The van der Waals surface area contributed by atoms with Crippen LogP contribution >= 0.6 is 0 Å². The second kappa shape index (κ2) is 7.39. The number of piperidine rings is 1. The van der Waals surface area contributed by atoms with Crippen LogP contribution in [0.1, 0.15) is 28.8 Å². The molecule has 1 atom stereocenters. The number of hydrogen-bond donors (Lipinski definition) is 0. The molecule has 0 spiro atoms. The molecule has 1 saturated heterocycles. The number of aromatic nitrogens is 1. The van der Waals surface area contributed by atoms with E-state index >= 15 is 0 Å². The number of rotatable bonds is 4. The molecule has 1 aliphatic heterocycles. The Balaban J connectivity index is 1.50. The van der Waals surface area contributed by atoms with Gasteiger partial charge < -0.3 is 9.47 Å². The van der Waals surface area contributed by atoms with Gasteiger partial charge in [-0.3, -0.25) is 9.59 Å². The Morgan fingerprint density at radius 1 is 1.04 bits per heavy atom. The molecule has 2 heterocycles. The molecule has 138 valence electrons. The van der Waals surface area contributed by atoms with E-state index < -0.39 is 0 Å². The van der Waals surface area contributed by atoms with Gasteiger partial charge in [-0.15, -0.1) is 0 Å². The van der Waals surface area contributed by atoms with Crippen LogP contribution in [0.3, 0.4) is 0 Å². The fourth-order valence-electron chi connectivity index (χ4n) is 4.05. The molecule has 0 saturated carbocycles. The number of hydrogen-bond acceptors (Lipinski definition) is 2. The van der Waals surface area contributed by atoms with Crippen LogP contribution < -0.4 is 0 Å². The van der Waals surface area contributed by atoms with Gasteiger partial charge in [0.1, 0.15) is 5.78 Å². The normalized spacial score (nSPS) is 17.2. The van der Waals surface area contributed by atoms with Crippen LogP contribution in [0.2, 0.25) is 0 Å². The molecule has 1 fully saturated rings. The van der Waals surface area contributed by atoms with Crippen molar-refractivity contribution < 1.29 is 9.59 Å². The van der Waals surface area contributed by atoms with Gasteiger partial charge in [-0.25, -0.2) is 0 Å². The first-order valence-corrected chi connectivity index (χ1v) is 9.53. The Labute approximate surface area is 159 Å². The monoisotopic (exact) mass is 360 g/mol. The lowest BCUT2D eigenvalue weighted by Gasteiger charge is -2.32. The summed E-state index contributed by atoms with van der Waals surface area (Å²) in [5, 5.41) is 0.975. The highest BCUT2D eigenvalue weighted by Gasteiger charge is 2.29. The number of carbonyl (C=O) groups is 2. The number of Topliss-reactive ketones (excluding diaryl/α,β-unsaturated/α-hetero) is 1. The van der Waals surface area contributed by atoms with E-state index in [1.165, 1.54) is 0 Å². The van der Waals surface area contributed by atoms with Crippen molar-refractivity contribution in [2.75, 3.05) is 13.1 Å². The maximum atomic E-state index is 13.2. The summed E-state index contributed by atoms with van der Waals surface area (Å²) in [7, 11) is 1.96. The van der Waals surface area contributed by atoms with E-state index in [1.54, 1.807) is 0 Å². The van der Waals surface area contributed by atoms with Crippen LogP contribution in [0, 0.1) is 5.92 Å². The largest absolute Gasteiger partial charge is 0.350 e. The first-order chi connectivity index (χ1) is 13.1. The van der Waals surface area contributed by atoms with E-state index in [1.807, 2.05) is 77.3 Å². The van der Waals surface area contributed by atoms with E-state index in [9.17, 15) is 9.59 Å². The van der Waals surface area contributed by atoms with Crippen molar-refractivity contribution in [1.82, 2.24) is 9.47 Å². The number of carbonyl (C=O) groups excluding carboxylic acids is 2. The smallest absolute Gasteiger partial charge is 0.256 e. The Bertz CT molecular complexity index is 974. The summed E-state index contributed by atoms with van der Waals surface area (Å²) in [5.41, 5.74) is 2.82. The van der Waals surface area contributed by atoms with Crippen molar-refractivity contribution in [3.63, 3.8) is 0 Å². The van der Waals surface area contributed by atoms with Gasteiger partial charge in [-0.2, -0.15) is 0 Å². The third kappa shape index (κ3) is 3.52. The number of ketones is 1. The molecule has 3 aromatic rings. The van der Waals surface area contributed by atoms with Gasteiger partial charge in [0.2, 0.25) is 0 Å². The third-order valence-corrected chi connectivity index (χ3v) is 5.51. The highest BCUT2D eigenvalue weighted by molar-refractivity contribution is 6.07. The van der Waals surface area contributed by atoms with Crippen LogP contribution in [0.5, 0.6) is 0 Å². The standard InChI is InChI=1S/C23H24N2O2/c1-24-16-20(19-11-5-6-12-21(19)24)23(27)25-13-7-10-18(15-25)22(26)14-17-8-3-2-4-9-17/h2-6,8-9,11-12,16,18H,7,10,13-15H2,1H3/t18-/m0/s1. The van der Waals surface area contributed by atoms with Crippen LogP contribution in [0.15, 0.2) is 60.8 Å². The number of fused-ring (bicyclic) bond motifs is 1. The summed E-state index contributed by atoms with van der Waals surface area (Å²) >= 11 is 0. The molecule has 0 bridgehead atoms. The summed E-state index contributed by atoms with van der Waals surface area (Å²) in [6.45, 7) is 1.24. The molecular weight excluding hydrogens is 336 g/mol. The zero-order chi connectivity index (χ0) is 18.8. The van der Waals surface area contributed by atoms with Crippen LogP contribution in [-0.4, -0.2) is 34.2 Å². The number of para-hydroxylation sites is 1. The lowest BCUT2D eigenvalue weighted by Crippen LogP contribution is -2.42. The lowest BCUT2D eigenvalue weighted by atomic mass is 9.90. The average molecular weight is 360 g/mol. The van der Waals surface area contributed by atoms with Crippen molar-refractivity contribution >= 4 is 22.6 Å². The van der Waals surface area contributed by atoms with E-state index in [2.05, 4.69) is 0 Å². The molecule has 0 aliphatic carbocycles. The van der Waals surface area contributed by atoms with Crippen molar-refractivity contribution in [3.05, 3.63) is 71.9 Å². The van der Waals surface area contributed by atoms with Crippen molar-refractivity contribution in [3.8, 4) is 0 Å². The van der Waals surface area contributed by atoms with Crippen molar-refractivity contribution in [2.24, 2.45) is 13.0 Å². The van der Waals surface area contributed by atoms with Gasteiger partial charge in [-0.05, 0) is 24.5 Å². The Morgan fingerprint density at radius 2 is 1.78 bits per heavy atom. The van der Waals surface area contributed by atoms with Crippen molar-refractivity contribution in [2.45, 2.75) is 19.3 Å². The number of benzene rings is 2. The molecule has 2 aromatic carbocycles. The summed E-state index contributed by atoms with van der Waals surface area (Å²) in [5.74, 6) is 0.193. The average Bonchev–Trinajstić information content (AvgIpc) is 3.05. The van der Waals surface area contributed by atoms with E-state index in [-0.39, 0.29) is 17.6 Å². The molecule has 4 heteroatoms. The Morgan fingerprint density at radius 3 is 2.59 bits per heavy atom. The Kier molecular flexibility index (Phi) is 4.80. The van der Waals surface area contributed by atoms with E-state index in [0.717, 1.165) is 41.4 Å². The first kappa shape index (κ1) is 17.5. The quantitative estimate of drug-likeness (QED) is 0.709. The van der Waals surface area contributed by atoms with Crippen molar-refractivity contribution in [1.29, 1.82) is 0 Å². The molecule has 4 rings (SSSR count). The minimum atomic E-state index is -0.0714. The van der Waals surface area contributed by atoms with Gasteiger partial charge in [-0.1, -0.05) is 48.5 Å². The van der Waals surface area contributed by atoms with Crippen LogP contribution in [0.4, 0.5) is 0 Å². The number of nitrogens with zero attached hydrogens (tertiary/aromatic N) is 2. The number of aryl methyl sites for hydroxylation is 1. The third-order valence-electron chi connectivity index (χ3n) is 5.51. The molecule has 1 aliphatic rings. The minimum absolute atomic E-state index is 0.0315. The van der Waals surface area contributed by atoms with Gasteiger partial charge in [0.05, 0.1) is 5.56 Å². The maximum Gasteiger partial charge on any atom is 0.256 e. The minimum Gasteiger partial charge on any atom is -0.350 e. The van der Waals surface area contributed by atoms with Gasteiger partial charge >= 0.3 is 0 Å². The summed E-state index contributed by atoms with van der Waals surface area (Å²) in [4.78, 5) is 27.8. The molecule has 1 aromatic heterocycles. The summed E-state index contributed by atoms with van der Waals surface area (Å²) in [6, 6.07) is 17.8. The zero-order valence-electron chi connectivity index (χ0n) is 15.6. The topological polar surface area (TPSA) is 42.3 Å². The highest BCUT2D eigenvalue weighted by Crippen LogP contribution is 2.25. The number of likely N-dealkylation sites (tertiary alicyclic amines) is 1. The fourth-order valence-corrected chi connectivity index (χ4v) is 4.05. The highest BCUT2D eigenvalue weighted by atomic mass is 16.2. The fraction of sp³-hybridized carbons (Fsp3) is 0.304. The summed E-state index contributed by atoms with van der Waals surface area (Å²) < 4.78 is 1.99. The Hall–Kier alpha value is -2.88. The van der Waals surface area contributed by atoms with E-state index in [4.69, 9.17) is 0 Å². The SMILES string of the molecule is Cn1cc(C(=O)N2CCC[C@H](C(=O)Cc3ccccc3)C2)c2ccccc21. The second-order valence-electron chi connectivity index (χ2n) is 7.39. The predicted molar refractivity (Wildman–Crippen MR) is 107 cm³/mol. The van der Waals surface area contributed by atoms with Gasteiger partial charge in [0, 0.05) is 49.6 Å². The molecular formula is C23H24N2O2. The first-order valence-electron chi connectivity index (χ1n) is 9.53. The summed E-state index contributed by atoms with van der Waals surface area (Å²) in [6.07, 6.45) is 4.09. The second-order valence-corrected chi connectivity index (χ2v) is 7.39. The maximum absolute atomic E-state index is 13.2. The number of amides is 1. The molecule has 1 amide bonds. The van der Waals surface area contributed by atoms with Gasteiger partial charge in [0.15, 0.2) is 0 Å². The van der Waals surface area contributed by atoms with Crippen LogP contribution in [0.25, 0.3) is 10.9 Å². The lowest BCUT2D eigenvalue weighted by molar-refractivity contribution is -0.123. The molecule has 27 heavy (non-hydrogen) atoms. The zero-order valence-corrected chi connectivity index (χ0v) is 15.6. The molecule has 4 nitrogen and oxygen atoms in total. The van der Waals surface area contributed by atoms with E-state index in [0.29, 0.717) is 13.0 Å². The predicted octanol–water partition coefficient (Wildman–Crippen LogP) is 3.84. The molecule has 0 N–H and O–H groups in total. The molecule has 0 radical (unpaired) electrons. The van der Waals surface area contributed by atoms with Crippen LogP contribution in [-0.2, 0) is 18.3 Å². The van der Waals surface area contributed by atoms with Gasteiger partial charge in [0.25, 0.3) is 5.91 Å².